The first-order chi connectivity index (χ1) is 20.4. The summed E-state index contributed by atoms with van der Waals surface area (Å²) in [6, 6.07) is 27.2. The Morgan fingerprint density at radius 2 is 1.40 bits per heavy atom. The van der Waals surface area contributed by atoms with Crippen LogP contribution in [0, 0.1) is 5.82 Å². The van der Waals surface area contributed by atoms with E-state index in [0.29, 0.717) is 40.8 Å². The standard InChI is InChI=1S/C34H31FN2O5/c35-26-15-13-23(14-16-26)20-36(18-17-32(39)40)33(41)30-11-5-3-9-28(30)29-10-4-6-12-31(29)34(42)37-21-25-8-2-1-7-24(25)19-27(37)22-38/h1-16,27,38H,17-22H2,(H,39,40)/t27-/m0/s1. The molecule has 1 aliphatic heterocycles. The first-order valence-electron chi connectivity index (χ1n) is 13.8. The van der Waals surface area contributed by atoms with Gasteiger partial charge in [0.25, 0.3) is 11.8 Å². The van der Waals surface area contributed by atoms with Crippen LogP contribution in [0.3, 0.4) is 0 Å². The number of halogens is 1. The predicted octanol–water partition coefficient (Wildman–Crippen LogP) is 5.17. The molecule has 0 aliphatic carbocycles. The summed E-state index contributed by atoms with van der Waals surface area (Å²) in [6.45, 7) is 0.216. The van der Waals surface area contributed by atoms with E-state index < -0.39 is 17.7 Å². The van der Waals surface area contributed by atoms with Gasteiger partial charge in [-0.1, -0.05) is 72.8 Å². The summed E-state index contributed by atoms with van der Waals surface area (Å²) < 4.78 is 13.5. The van der Waals surface area contributed by atoms with Gasteiger partial charge in [-0.05, 0) is 58.5 Å². The van der Waals surface area contributed by atoms with Crippen LogP contribution in [0.15, 0.2) is 97.1 Å². The first kappa shape index (κ1) is 28.7. The molecule has 1 aliphatic rings. The fourth-order valence-electron chi connectivity index (χ4n) is 5.42. The molecule has 2 amide bonds. The van der Waals surface area contributed by atoms with Crippen molar-refractivity contribution in [3.63, 3.8) is 0 Å². The van der Waals surface area contributed by atoms with Gasteiger partial charge in [-0.25, -0.2) is 4.39 Å². The van der Waals surface area contributed by atoms with E-state index in [4.69, 9.17) is 0 Å². The van der Waals surface area contributed by atoms with Crippen LogP contribution in [0.4, 0.5) is 4.39 Å². The van der Waals surface area contributed by atoms with Crippen molar-refractivity contribution in [3.05, 3.63) is 131 Å². The molecule has 0 spiro atoms. The summed E-state index contributed by atoms with van der Waals surface area (Å²) in [5.41, 5.74) is 4.58. The van der Waals surface area contributed by atoms with Gasteiger partial charge in [-0.3, -0.25) is 14.4 Å². The van der Waals surface area contributed by atoms with Gasteiger partial charge in [0.05, 0.1) is 19.1 Å². The van der Waals surface area contributed by atoms with Crippen molar-refractivity contribution in [1.29, 1.82) is 0 Å². The van der Waals surface area contributed by atoms with Gasteiger partial charge in [-0.2, -0.15) is 0 Å². The molecule has 214 valence electrons. The third-order valence-electron chi connectivity index (χ3n) is 7.60. The van der Waals surface area contributed by atoms with Crippen LogP contribution < -0.4 is 0 Å². The van der Waals surface area contributed by atoms with E-state index in [1.807, 2.05) is 24.3 Å². The number of carbonyl (C=O) groups excluding carboxylic acids is 2. The fourth-order valence-corrected chi connectivity index (χ4v) is 5.42. The minimum atomic E-state index is -1.04. The molecule has 0 fully saturated rings. The van der Waals surface area contributed by atoms with Crippen LogP contribution in [0.25, 0.3) is 11.1 Å². The van der Waals surface area contributed by atoms with Crippen molar-refractivity contribution in [2.75, 3.05) is 13.2 Å². The zero-order chi connectivity index (χ0) is 29.6. The van der Waals surface area contributed by atoms with Crippen molar-refractivity contribution in [1.82, 2.24) is 9.80 Å². The van der Waals surface area contributed by atoms with Gasteiger partial charge < -0.3 is 20.0 Å². The molecule has 4 aromatic carbocycles. The summed E-state index contributed by atoms with van der Waals surface area (Å²) >= 11 is 0. The Hall–Kier alpha value is -4.82. The van der Waals surface area contributed by atoms with Gasteiger partial charge >= 0.3 is 5.97 Å². The molecule has 0 radical (unpaired) electrons. The molecule has 0 bridgehead atoms. The highest BCUT2D eigenvalue weighted by Gasteiger charge is 2.31. The third-order valence-corrected chi connectivity index (χ3v) is 7.60. The molecule has 5 rings (SSSR count). The Labute approximate surface area is 243 Å². The average molecular weight is 567 g/mol. The lowest BCUT2D eigenvalue weighted by Crippen LogP contribution is -2.46. The normalized spacial score (nSPS) is 14.2. The summed E-state index contributed by atoms with van der Waals surface area (Å²) in [5.74, 6) is -2.11. The van der Waals surface area contributed by atoms with Crippen LogP contribution in [0.5, 0.6) is 0 Å². The van der Waals surface area contributed by atoms with Crippen molar-refractivity contribution in [3.8, 4) is 11.1 Å². The number of nitrogens with zero attached hydrogens (tertiary/aromatic N) is 2. The number of hydrogen-bond donors (Lipinski definition) is 2. The van der Waals surface area contributed by atoms with Gasteiger partial charge in [-0.15, -0.1) is 0 Å². The largest absolute Gasteiger partial charge is 0.481 e. The lowest BCUT2D eigenvalue weighted by atomic mass is 9.91. The van der Waals surface area contributed by atoms with E-state index in [9.17, 15) is 29.0 Å². The van der Waals surface area contributed by atoms with Crippen molar-refractivity contribution < 1.29 is 29.0 Å². The maximum Gasteiger partial charge on any atom is 0.305 e. The average Bonchev–Trinajstić information content (AvgIpc) is 3.02. The minimum Gasteiger partial charge on any atom is -0.481 e. The molecule has 1 atom stereocenters. The third kappa shape index (κ3) is 6.24. The monoisotopic (exact) mass is 566 g/mol. The highest BCUT2D eigenvalue weighted by molar-refractivity contribution is 6.06. The molecule has 0 aromatic heterocycles. The molecule has 0 saturated carbocycles. The van der Waals surface area contributed by atoms with E-state index in [2.05, 4.69) is 0 Å². The number of carbonyl (C=O) groups is 3. The zero-order valence-corrected chi connectivity index (χ0v) is 22.9. The maximum absolute atomic E-state index is 14.1. The molecule has 8 heteroatoms. The number of carboxylic acid groups (broad SMARTS) is 1. The van der Waals surface area contributed by atoms with Gasteiger partial charge in [0, 0.05) is 30.8 Å². The van der Waals surface area contributed by atoms with Crippen LogP contribution in [0.1, 0.15) is 43.8 Å². The molecule has 7 nitrogen and oxygen atoms in total. The fraction of sp³-hybridized carbons (Fsp3) is 0.206. The summed E-state index contributed by atoms with van der Waals surface area (Å²) in [5, 5.41) is 19.5. The molecule has 42 heavy (non-hydrogen) atoms. The number of aliphatic hydroxyl groups excluding tert-OH is 1. The first-order valence-corrected chi connectivity index (χ1v) is 13.8. The summed E-state index contributed by atoms with van der Waals surface area (Å²) in [6.07, 6.45) is 0.279. The Balaban J connectivity index is 1.50. The Kier molecular flexibility index (Phi) is 8.74. The van der Waals surface area contributed by atoms with E-state index in [-0.39, 0.29) is 38.1 Å². The SMILES string of the molecule is O=C(O)CCN(Cc1ccc(F)cc1)C(=O)c1ccccc1-c1ccccc1C(=O)N1Cc2ccccc2C[C@H]1CO. The van der Waals surface area contributed by atoms with Crippen LogP contribution in [0.2, 0.25) is 0 Å². The molecule has 1 heterocycles. The molecule has 2 N–H and O–H groups in total. The Bertz CT molecular complexity index is 1600. The highest BCUT2D eigenvalue weighted by Crippen LogP contribution is 2.32. The van der Waals surface area contributed by atoms with E-state index in [1.165, 1.54) is 17.0 Å². The summed E-state index contributed by atoms with van der Waals surface area (Å²) in [7, 11) is 0. The van der Waals surface area contributed by atoms with E-state index in [1.54, 1.807) is 65.6 Å². The number of amides is 2. The highest BCUT2D eigenvalue weighted by atomic mass is 19.1. The minimum absolute atomic E-state index is 0.0498. The molecule has 0 saturated heterocycles. The van der Waals surface area contributed by atoms with Crippen LogP contribution in [-0.4, -0.2) is 57.0 Å². The zero-order valence-electron chi connectivity index (χ0n) is 22.9. The number of aliphatic carboxylic acids is 1. The number of benzene rings is 4. The second-order valence-corrected chi connectivity index (χ2v) is 10.3. The molecular formula is C34H31FN2O5. The number of rotatable bonds is 9. The lowest BCUT2D eigenvalue weighted by Gasteiger charge is -2.36. The van der Waals surface area contributed by atoms with Crippen LogP contribution >= 0.6 is 0 Å². The van der Waals surface area contributed by atoms with Crippen molar-refractivity contribution >= 4 is 17.8 Å². The Morgan fingerprint density at radius 1 is 0.810 bits per heavy atom. The van der Waals surface area contributed by atoms with E-state index in [0.717, 1.165) is 11.1 Å². The summed E-state index contributed by atoms with van der Waals surface area (Å²) in [4.78, 5) is 42.5. The molecule has 4 aromatic rings. The second kappa shape index (κ2) is 12.8. The van der Waals surface area contributed by atoms with Crippen molar-refractivity contribution in [2.24, 2.45) is 0 Å². The van der Waals surface area contributed by atoms with Crippen LogP contribution in [-0.2, 0) is 24.3 Å². The quantitative estimate of drug-likeness (QED) is 0.291. The lowest BCUT2D eigenvalue weighted by molar-refractivity contribution is -0.137. The number of aliphatic hydroxyl groups is 1. The van der Waals surface area contributed by atoms with Gasteiger partial charge in [0.15, 0.2) is 0 Å². The topological polar surface area (TPSA) is 98.2 Å². The number of carboxylic acids is 1. The predicted molar refractivity (Wildman–Crippen MR) is 156 cm³/mol. The number of fused-ring (bicyclic) bond motifs is 1. The smallest absolute Gasteiger partial charge is 0.305 e. The molecular weight excluding hydrogens is 535 g/mol. The second-order valence-electron chi connectivity index (χ2n) is 10.3. The van der Waals surface area contributed by atoms with Gasteiger partial charge in [0.2, 0.25) is 0 Å². The van der Waals surface area contributed by atoms with E-state index >= 15 is 0 Å². The van der Waals surface area contributed by atoms with Crippen molar-refractivity contribution in [2.45, 2.75) is 32.0 Å². The van der Waals surface area contributed by atoms with Gasteiger partial charge in [0.1, 0.15) is 5.82 Å². The molecule has 0 unspecified atom stereocenters. The maximum atomic E-state index is 14.1. The number of hydrogen-bond acceptors (Lipinski definition) is 4. The Morgan fingerprint density at radius 3 is 2.07 bits per heavy atom.